The molecule has 4 nitrogen and oxygen atoms in total. The minimum Gasteiger partial charge on any atom is -0.397 e. The molecule has 0 aliphatic heterocycles. The van der Waals surface area contributed by atoms with Crippen molar-refractivity contribution in [1.82, 2.24) is 0 Å². The molecule has 94 valence electrons. The van der Waals surface area contributed by atoms with Crippen molar-refractivity contribution in [2.75, 3.05) is 17.6 Å². The van der Waals surface area contributed by atoms with Crippen LogP contribution < -0.4 is 16.8 Å². The lowest BCUT2D eigenvalue weighted by atomic mass is 9.67. The Morgan fingerprint density at radius 2 is 2.29 bits per heavy atom. The number of primary amides is 1. The minimum atomic E-state index is -0.450. The fourth-order valence-electron chi connectivity index (χ4n) is 2.29. The summed E-state index contributed by atoms with van der Waals surface area (Å²) in [6.07, 6.45) is 5.11. The summed E-state index contributed by atoms with van der Waals surface area (Å²) in [6, 6.07) is 1.80. The summed E-state index contributed by atoms with van der Waals surface area (Å²) in [4.78, 5) is 11.5. The van der Waals surface area contributed by atoms with Gasteiger partial charge in [-0.1, -0.05) is 13.3 Å². The Kier molecular flexibility index (Phi) is 3.28. The molecule has 5 N–H and O–H groups in total. The Hall–Kier alpha value is -1.23. The van der Waals surface area contributed by atoms with Gasteiger partial charge < -0.3 is 16.8 Å². The van der Waals surface area contributed by atoms with Gasteiger partial charge in [-0.15, -0.1) is 11.3 Å². The first-order valence-corrected chi connectivity index (χ1v) is 6.81. The average molecular weight is 253 g/mol. The second-order valence-corrected chi connectivity index (χ2v) is 5.87. The second-order valence-electron chi connectivity index (χ2n) is 4.82. The molecular formula is C12H19N3OS. The smallest absolute Gasteiger partial charge is 0.260 e. The van der Waals surface area contributed by atoms with Crippen LogP contribution in [0.5, 0.6) is 0 Å². The van der Waals surface area contributed by atoms with Crippen LogP contribution in [0, 0.1) is 5.41 Å². The number of carbonyl (C=O) groups excluding carboxylic acids is 1. The molecule has 1 aromatic heterocycles. The number of nitrogen functional groups attached to an aromatic ring is 1. The zero-order valence-electron chi connectivity index (χ0n) is 10.1. The first kappa shape index (κ1) is 12.2. The quantitative estimate of drug-likeness (QED) is 0.753. The normalized spacial score (nSPS) is 17.5. The maximum Gasteiger partial charge on any atom is 0.260 e. The van der Waals surface area contributed by atoms with Crippen LogP contribution in [-0.2, 0) is 0 Å². The summed E-state index contributed by atoms with van der Waals surface area (Å²) in [5.41, 5.74) is 11.9. The summed E-state index contributed by atoms with van der Waals surface area (Å²) < 4.78 is 0. The first-order valence-electron chi connectivity index (χ1n) is 5.99. The lowest BCUT2D eigenvalue weighted by Crippen LogP contribution is -2.35. The molecule has 1 fully saturated rings. The zero-order valence-corrected chi connectivity index (χ0v) is 10.9. The molecule has 0 radical (unpaired) electrons. The summed E-state index contributed by atoms with van der Waals surface area (Å²) in [5.74, 6) is -0.450. The molecule has 1 heterocycles. The Morgan fingerprint density at radius 3 is 2.71 bits per heavy atom. The Balaban J connectivity index is 1.99. The molecule has 2 rings (SSSR count). The van der Waals surface area contributed by atoms with Gasteiger partial charge in [0.25, 0.3) is 5.91 Å². The highest BCUT2D eigenvalue weighted by Gasteiger charge is 2.34. The van der Waals surface area contributed by atoms with E-state index in [1.807, 2.05) is 0 Å². The van der Waals surface area contributed by atoms with Crippen molar-refractivity contribution in [2.24, 2.45) is 11.1 Å². The van der Waals surface area contributed by atoms with Crippen LogP contribution >= 0.6 is 11.3 Å². The molecule has 0 saturated heterocycles. The van der Waals surface area contributed by atoms with Crippen molar-refractivity contribution in [3.05, 3.63) is 10.9 Å². The van der Waals surface area contributed by atoms with E-state index in [0.29, 0.717) is 16.0 Å². The van der Waals surface area contributed by atoms with Crippen molar-refractivity contribution in [1.29, 1.82) is 0 Å². The number of thiophene rings is 1. The molecule has 1 aliphatic rings. The number of nitrogens with two attached hydrogens (primary N) is 2. The Bertz CT molecular complexity index is 418. The van der Waals surface area contributed by atoms with Gasteiger partial charge in [0.15, 0.2) is 0 Å². The molecule has 17 heavy (non-hydrogen) atoms. The fourth-order valence-corrected chi connectivity index (χ4v) is 3.12. The highest BCUT2D eigenvalue weighted by molar-refractivity contribution is 7.18. The molecule has 1 saturated carbocycles. The first-order chi connectivity index (χ1) is 8.06. The third kappa shape index (κ3) is 2.39. The lowest BCUT2D eigenvalue weighted by Gasteiger charge is -2.41. The van der Waals surface area contributed by atoms with Gasteiger partial charge in [0, 0.05) is 6.54 Å². The van der Waals surface area contributed by atoms with Gasteiger partial charge in [-0.2, -0.15) is 0 Å². The van der Waals surface area contributed by atoms with Gasteiger partial charge in [-0.3, -0.25) is 4.79 Å². The number of nitrogens with one attached hydrogen (secondary N) is 1. The number of hydrogen-bond donors (Lipinski definition) is 3. The molecule has 0 unspecified atom stereocenters. The predicted molar refractivity (Wildman–Crippen MR) is 72.3 cm³/mol. The van der Waals surface area contributed by atoms with Crippen LogP contribution in [0.2, 0.25) is 0 Å². The monoisotopic (exact) mass is 253 g/mol. The third-order valence-electron chi connectivity index (χ3n) is 3.79. The van der Waals surface area contributed by atoms with Gasteiger partial charge in [0.1, 0.15) is 4.88 Å². The van der Waals surface area contributed by atoms with E-state index in [9.17, 15) is 4.79 Å². The second kappa shape index (κ2) is 4.56. The van der Waals surface area contributed by atoms with E-state index in [-0.39, 0.29) is 0 Å². The number of amides is 1. The van der Waals surface area contributed by atoms with E-state index in [1.165, 1.54) is 37.0 Å². The van der Waals surface area contributed by atoms with E-state index < -0.39 is 5.91 Å². The van der Waals surface area contributed by atoms with E-state index in [1.54, 1.807) is 6.07 Å². The van der Waals surface area contributed by atoms with Crippen molar-refractivity contribution < 1.29 is 4.79 Å². The molecule has 0 atom stereocenters. The number of carbonyl (C=O) groups is 1. The average Bonchev–Trinajstić information content (AvgIpc) is 2.59. The van der Waals surface area contributed by atoms with E-state index in [0.717, 1.165) is 11.5 Å². The highest BCUT2D eigenvalue weighted by Crippen LogP contribution is 2.44. The highest BCUT2D eigenvalue weighted by atomic mass is 32.1. The van der Waals surface area contributed by atoms with Gasteiger partial charge in [0.2, 0.25) is 0 Å². The van der Waals surface area contributed by atoms with E-state index in [2.05, 4.69) is 12.2 Å². The summed E-state index contributed by atoms with van der Waals surface area (Å²) >= 11 is 1.34. The SMILES string of the molecule is CCC1(CNc2cc(N)c(C(N)=O)s2)CCC1. The molecule has 5 heteroatoms. The number of hydrogen-bond acceptors (Lipinski definition) is 4. The van der Waals surface area contributed by atoms with Gasteiger partial charge >= 0.3 is 0 Å². The standard InChI is InChI=1S/C12H19N3OS/c1-2-12(4-3-5-12)7-15-9-6-8(13)10(17-9)11(14)16/h6,15H,2-5,7,13H2,1H3,(H2,14,16). The van der Waals surface area contributed by atoms with Crippen LogP contribution in [-0.4, -0.2) is 12.5 Å². The maximum atomic E-state index is 11.1. The van der Waals surface area contributed by atoms with Crippen molar-refractivity contribution in [3.8, 4) is 0 Å². The lowest BCUT2D eigenvalue weighted by molar-refractivity contribution is 0.100. The van der Waals surface area contributed by atoms with Crippen molar-refractivity contribution in [2.45, 2.75) is 32.6 Å². The van der Waals surface area contributed by atoms with Gasteiger partial charge in [-0.25, -0.2) is 0 Å². The van der Waals surface area contributed by atoms with Crippen molar-refractivity contribution >= 4 is 27.9 Å². The Morgan fingerprint density at radius 1 is 1.59 bits per heavy atom. The summed E-state index contributed by atoms with van der Waals surface area (Å²) in [6.45, 7) is 3.19. The largest absolute Gasteiger partial charge is 0.397 e. The molecule has 0 spiro atoms. The topological polar surface area (TPSA) is 81.1 Å². The van der Waals surface area contributed by atoms with Crippen LogP contribution in [0.25, 0.3) is 0 Å². The predicted octanol–water partition coefficient (Wildman–Crippen LogP) is 2.42. The molecule has 1 aromatic rings. The van der Waals surface area contributed by atoms with Crippen LogP contribution in [0.1, 0.15) is 42.3 Å². The van der Waals surface area contributed by atoms with E-state index >= 15 is 0 Å². The number of anilines is 2. The van der Waals surface area contributed by atoms with Gasteiger partial charge in [-0.05, 0) is 30.7 Å². The molecule has 1 amide bonds. The molecule has 0 bridgehead atoms. The molecule has 0 aromatic carbocycles. The minimum absolute atomic E-state index is 0.450. The number of rotatable bonds is 5. The van der Waals surface area contributed by atoms with Crippen molar-refractivity contribution in [3.63, 3.8) is 0 Å². The van der Waals surface area contributed by atoms with Crippen LogP contribution in [0.3, 0.4) is 0 Å². The van der Waals surface area contributed by atoms with E-state index in [4.69, 9.17) is 11.5 Å². The van der Waals surface area contributed by atoms with Crippen LogP contribution in [0.15, 0.2) is 6.07 Å². The molecular weight excluding hydrogens is 234 g/mol. The molecule has 1 aliphatic carbocycles. The Labute approximate surface area is 105 Å². The summed E-state index contributed by atoms with van der Waals surface area (Å²) in [7, 11) is 0. The third-order valence-corrected chi connectivity index (χ3v) is 4.91. The van der Waals surface area contributed by atoms with Gasteiger partial charge in [0.05, 0.1) is 10.7 Å². The zero-order chi connectivity index (χ0) is 12.5. The van der Waals surface area contributed by atoms with Crippen LogP contribution in [0.4, 0.5) is 10.7 Å². The summed E-state index contributed by atoms with van der Waals surface area (Å²) in [5, 5.41) is 4.33. The fraction of sp³-hybridized carbons (Fsp3) is 0.583. The maximum absolute atomic E-state index is 11.1.